The molecule has 2 atom stereocenters. The largest absolute Gasteiger partial charge is 0.392 e. The van der Waals surface area contributed by atoms with Crippen LogP contribution in [0.3, 0.4) is 0 Å². The lowest BCUT2D eigenvalue weighted by atomic mass is 10.2. The average Bonchev–Trinajstić information content (AvgIpc) is 2.74. The van der Waals surface area contributed by atoms with Crippen LogP contribution in [0, 0.1) is 0 Å². The second-order valence-corrected chi connectivity index (χ2v) is 6.62. The SMILES string of the molecule is CC1OCCC1NS(=O)(=O)c1ccc(CO)c(Cl)c1. The maximum absolute atomic E-state index is 12.2. The molecular weight excluding hydrogens is 290 g/mol. The monoisotopic (exact) mass is 305 g/mol. The number of aliphatic hydroxyl groups excluding tert-OH is 1. The van der Waals surface area contributed by atoms with Gasteiger partial charge in [0, 0.05) is 11.6 Å². The lowest BCUT2D eigenvalue weighted by Gasteiger charge is -2.16. The molecule has 0 aromatic heterocycles. The number of rotatable bonds is 4. The maximum atomic E-state index is 12.2. The molecule has 1 saturated heterocycles. The van der Waals surface area contributed by atoms with Crippen LogP contribution in [0.5, 0.6) is 0 Å². The summed E-state index contributed by atoms with van der Waals surface area (Å²) in [7, 11) is -3.62. The van der Waals surface area contributed by atoms with Crippen molar-refractivity contribution in [2.24, 2.45) is 0 Å². The van der Waals surface area contributed by atoms with Gasteiger partial charge in [-0.05, 0) is 31.0 Å². The molecule has 1 heterocycles. The molecule has 7 heteroatoms. The summed E-state index contributed by atoms with van der Waals surface area (Å²) in [5.74, 6) is 0. The van der Waals surface area contributed by atoms with Crippen LogP contribution in [-0.2, 0) is 21.4 Å². The molecule has 2 N–H and O–H groups in total. The molecule has 1 fully saturated rings. The van der Waals surface area contributed by atoms with Gasteiger partial charge < -0.3 is 9.84 Å². The number of hydrogen-bond donors (Lipinski definition) is 2. The minimum absolute atomic E-state index is 0.0915. The molecule has 1 aromatic carbocycles. The molecule has 1 aliphatic rings. The summed E-state index contributed by atoms with van der Waals surface area (Å²) in [6, 6.07) is 4.06. The molecule has 2 rings (SSSR count). The van der Waals surface area contributed by atoms with Crippen molar-refractivity contribution in [2.75, 3.05) is 6.61 Å². The van der Waals surface area contributed by atoms with Gasteiger partial charge in [0.2, 0.25) is 10.0 Å². The Bertz CT molecular complexity index is 561. The Labute approximate surface area is 117 Å². The molecule has 0 saturated carbocycles. The van der Waals surface area contributed by atoms with E-state index < -0.39 is 10.0 Å². The highest BCUT2D eigenvalue weighted by atomic mass is 35.5. The summed E-state index contributed by atoms with van der Waals surface area (Å²) < 4.78 is 32.3. The summed E-state index contributed by atoms with van der Waals surface area (Å²) in [4.78, 5) is 0.0915. The maximum Gasteiger partial charge on any atom is 0.240 e. The molecule has 106 valence electrons. The molecule has 0 spiro atoms. The van der Waals surface area contributed by atoms with E-state index in [9.17, 15) is 8.42 Å². The number of hydrogen-bond acceptors (Lipinski definition) is 4. The van der Waals surface area contributed by atoms with Crippen molar-refractivity contribution >= 4 is 21.6 Å². The molecule has 1 aromatic rings. The lowest BCUT2D eigenvalue weighted by Crippen LogP contribution is -2.39. The quantitative estimate of drug-likeness (QED) is 0.879. The van der Waals surface area contributed by atoms with E-state index in [2.05, 4.69) is 4.72 Å². The number of halogens is 1. The first-order valence-corrected chi connectivity index (χ1v) is 7.83. The number of nitrogens with one attached hydrogen (secondary N) is 1. The fourth-order valence-corrected chi connectivity index (χ4v) is 3.65. The normalized spacial score (nSPS) is 23.7. The Morgan fingerprint density at radius 1 is 1.53 bits per heavy atom. The van der Waals surface area contributed by atoms with Gasteiger partial charge >= 0.3 is 0 Å². The molecule has 5 nitrogen and oxygen atoms in total. The van der Waals surface area contributed by atoms with Gasteiger partial charge in [-0.2, -0.15) is 0 Å². The van der Waals surface area contributed by atoms with Gasteiger partial charge in [0.05, 0.1) is 23.6 Å². The molecular formula is C12H16ClNO4S. The van der Waals surface area contributed by atoms with Crippen molar-refractivity contribution in [1.29, 1.82) is 0 Å². The van der Waals surface area contributed by atoms with E-state index in [0.29, 0.717) is 18.6 Å². The van der Waals surface area contributed by atoms with Crippen molar-refractivity contribution in [1.82, 2.24) is 4.72 Å². The number of aliphatic hydroxyl groups is 1. The Kier molecular flexibility index (Phi) is 4.47. The molecule has 0 amide bonds. The summed E-state index contributed by atoms with van der Waals surface area (Å²) in [5, 5.41) is 9.25. The Balaban J connectivity index is 2.22. The fourth-order valence-electron chi connectivity index (χ4n) is 1.98. The Hall–Kier alpha value is -0.660. The number of benzene rings is 1. The van der Waals surface area contributed by atoms with Crippen LogP contribution in [0.4, 0.5) is 0 Å². The zero-order valence-electron chi connectivity index (χ0n) is 10.5. The van der Waals surface area contributed by atoms with E-state index in [1.54, 1.807) is 0 Å². The third-order valence-electron chi connectivity index (χ3n) is 3.19. The summed E-state index contributed by atoms with van der Waals surface area (Å²) >= 11 is 5.90. The first-order chi connectivity index (χ1) is 8.94. The molecule has 0 radical (unpaired) electrons. The van der Waals surface area contributed by atoms with E-state index in [4.69, 9.17) is 21.4 Å². The van der Waals surface area contributed by atoms with Crippen LogP contribution in [0.25, 0.3) is 0 Å². The molecule has 0 aliphatic carbocycles. The highest BCUT2D eigenvalue weighted by Crippen LogP contribution is 2.22. The van der Waals surface area contributed by atoms with Crippen LogP contribution in [0.1, 0.15) is 18.9 Å². The first kappa shape index (κ1) is 14.7. The van der Waals surface area contributed by atoms with Crippen LogP contribution in [0.15, 0.2) is 23.1 Å². The fraction of sp³-hybridized carbons (Fsp3) is 0.500. The van der Waals surface area contributed by atoms with E-state index in [1.165, 1.54) is 18.2 Å². The molecule has 2 unspecified atom stereocenters. The third-order valence-corrected chi connectivity index (χ3v) is 5.03. The average molecular weight is 306 g/mol. The van der Waals surface area contributed by atoms with E-state index in [-0.39, 0.29) is 28.7 Å². The minimum atomic E-state index is -3.62. The number of ether oxygens (including phenoxy) is 1. The highest BCUT2D eigenvalue weighted by molar-refractivity contribution is 7.89. The lowest BCUT2D eigenvalue weighted by molar-refractivity contribution is 0.117. The zero-order valence-corrected chi connectivity index (χ0v) is 12.0. The summed E-state index contributed by atoms with van der Waals surface area (Å²) in [6.45, 7) is 2.17. The highest BCUT2D eigenvalue weighted by Gasteiger charge is 2.29. The van der Waals surface area contributed by atoms with E-state index in [1.807, 2.05) is 6.92 Å². The zero-order chi connectivity index (χ0) is 14.0. The first-order valence-electron chi connectivity index (χ1n) is 5.97. The molecule has 0 bridgehead atoms. The van der Waals surface area contributed by atoms with Crippen molar-refractivity contribution in [2.45, 2.75) is 37.0 Å². The third kappa shape index (κ3) is 3.27. The van der Waals surface area contributed by atoms with Gasteiger partial charge in [-0.3, -0.25) is 0 Å². The predicted octanol–water partition coefficient (Wildman–Crippen LogP) is 1.29. The van der Waals surface area contributed by atoms with Crippen molar-refractivity contribution in [3.05, 3.63) is 28.8 Å². The number of sulfonamides is 1. The van der Waals surface area contributed by atoms with Crippen LogP contribution >= 0.6 is 11.6 Å². The van der Waals surface area contributed by atoms with Crippen molar-refractivity contribution in [3.8, 4) is 0 Å². The van der Waals surface area contributed by atoms with E-state index >= 15 is 0 Å². The van der Waals surface area contributed by atoms with Crippen LogP contribution in [0.2, 0.25) is 5.02 Å². The summed E-state index contributed by atoms with van der Waals surface area (Å²) in [5.41, 5.74) is 0.498. The summed E-state index contributed by atoms with van der Waals surface area (Å²) in [6.07, 6.45) is 0.519. The minimum Gasteiger partial charge on any atom is -0.392 e. The van der Waals surface area contributed by atoms with E-state index in [0.717, 1.165) is 0 Å². The van der Waals surface area contributed by atoms with Gasteiger partial charge in [-0.15, -0.1) is 0 Å². The molecule has 1 aliphatic heterocycles. The standard InChI is InChI=1S/C12H16ClNO4S/c1-8-12(4-5-18-8)14-19(16,17)10-3-2-9(7-15)11(13)6-10/h2-3,6,8,12,14-15H,4-5,7H2,1H3. The van der Waals surface area contributed by atoms with Crippen LogP contribution < -0.4 is 4.72 Å². The topological polar surface area (TPSA) is 75.6 Å². The Morgan fingerprint density at radius 3 is 2.79 bits per heavy atom. The van der Waals surface area contributed by atoms with Gasteiger partial charge in [0.1, 0.15) is 0 Å². The smallest absolute Gasteiger partial charge is 0.240 e. The Morgan fingerprint density at radius 2 is 2.26 bits per heavy atom. The second-order valence-electron chi connectivity index (χ2n) is 4.50. The molecule has 19 heavy (non-hydrogen) atoms. The van der Waals surface area contributed by atoms with Gasteiger partial charge in [-0.1, -0.05) is 17.7 Å². The van der Waals surface area contributed by atoms with Crippen molar-refractivity contribution < 1.29 is 18.3 Å². The van der Waals surface area contributed by atoms with Gasteiger partial charge in [0.15, 0.2) is 0 Å². The van der Waals surface area contributed by atoms with Gasteiger partial charge in [-0.25, -0.2) is 13.1 Å². The second kappa shape index (κ2) is 5.76. The van der Waals surface area contributed by atoms with Crippen molar-refractivity contribution in [3.63, 3.8) is 0 Å². The van der Waals surface area contributed by atoms with Crippen LogP contribution in [-0.4, -0.2) is 32.3 Å². The van der Waals surface area contributed by atoms with Gasteiger partial charge in [0.25, 0.3) is 0 Å². The predicted molar refractivity (Wildman–Crippen MR) is 71.5 cm³/mol.